The monoisotopic (exact) mass is 436 g/mol. The van der Waals surface area contributed by atoms with E-state index in [0.717, 1.165) is 12.8 Å². The number of esters is 1. The highest BCUT2D eigenvalue weighted by Gasteiger charge is 2.27. The fraction of sp³-hybridized carbons (Fsp3) is 0.286. The van der Waals surface area contributed by atoms with Crippen molar-refractivity contribution in [2.45, 2.75) is 26.7 Å². The number of unbranched alkanes of at least 4 members (excludes halogenated alkanes) is 1. The van der Waals surface area contributed by atoms with E-state index in [1.54, 1.807) is 24.3 Å². The number of halogens is 2. The number of methoxy groups -OCH3 is 1. The molecular weight excluding hydrogens is 415 g/mol. The first-order valence-electron chi connectivity index (χ1n) is 8.62. The van der Waals surface area contributed by atoms with Crippen LogP contribution in [-0.2, 0) is 4.74 Å². The molecule has 0 spiro atoms. The van der Waals surface area contributed by atoms with Crippen LogP contribution in [0.3, 0.4) is 0 Å². The van der Waals surface area contributed by atoms with Gasteiger partial charge in [0.05, 0.1) is 24.5 Å². The Morgan fingerprint density at radius 1 is 1.26 bits per heavy atom. The molecule has 2 rings (SSSR count). The standard InChI is InChI=1S/C21H22BrFO4/c1-4-5-12-26-20-17(21(24)27-15-9-7-6-8-10-15)14(2)19(23)16(18(20)22)11-13-25-3/h6-11,13H,4-5,12H2,1-3H3. The van der Waals surface area contributed by atoms with Crippen LogP contribution >= 0.6 is 15.9 Å². The van der Waals surface area contributed by atoms with Crippen LogP contribution in [0.1, 0.15) is 41.3 Å². The number of rotatable bonds is 8. The van der Waals surface area contributed by atoms with Crippen molar-refractivity contribution < 1.29 is 23.4 Å². The molecule has 0 aliphatic rings. The summed E-state index contributed by atoms with van der Waals surface area (Å²) in [7, 11) is 1.47. The average Bonchev–Trinajstić information content (AvgIpc) is 2.66. The zero-order valence-electron chi connectivity index (χ0n) is 15.6. The van der Waals surface area contributed by atoms with Crippen molar-refractivity contribution in [3.8, 4) is 11.5 Å². The van der Waals surface area contributed by atoms with Gasteiger partial charge in [0.25, 0.3) is 0 Å². The van der Waals surface area contributed by atoms with E-state index in [1.165, 1.54) is 26.4 Å². The van der Waals surface area contributed by atoms with Crippen LogP contribution < -0.4 is 9.47 Å². The molecule has 2 aromatic carbocycles. The minimum Gasteiger partial charge on any atom is -0.504 e. The van der Waals surface area contributed by atoms with Crippen LogP contribution in [0.25, 0.3) is 6.08 Å². The van der Waals surface area contributed by atoms with Gasteiger partial charge in [-0.3, -0.25) is 0 Å². The Morgan fingerprint density at radius 3 is 2.59 bits per heavy atom. The summed E-state index contributed by atoms with van der Waals surface area (Å²) in [4.78, 5) is 12.8. The molecule has 0 saturated carbocycles. The fourth-order valence-corrected chi connectivity index (χ4v) is 3.06. The number of carbonyl (C=O) groups excluding carboxylic acids is 1. The highest BCUT2D eigenvalue weighted by molar-refractivity contribution is 9.10. The van der Waals surface area contributed by atoms with Gasteiger partial charge in [0, 0.05) is 11.1 Å². The summed E-state index contributed by atoms with van der Waals surface area (Å²) in [5.41, 5.74) is 0.465. The molecular formula is C21H22BrFO4. The van der Waals surface area contributed by atoms with Gasteiger partial charge in [-0.2, -0.15) is 0 Å². The van der Waals surface area contributed by atoms with E-state index >= 15 is 0 Å². The third kappa shape index (κ3) is 5.10. The number of carbonyl (C=O) groups is 1. The first-order chi connectivity index (χ1) is 13.0. The van der Waals surface area contributed by atoms with Crippen LogP contribution in [0, 0.1) is 12.7 Å². The van der Waals surface area contributed by atoms with Crippen LogP contribution in [-0.4, -0.2) is 19.7 Å². The van der Waals surface area contributed by atoms with Gasteiger partial charge in [-0.05, 0) is 47.5 Å². The van der Waals surface area contributed by atoms with Crippen LogP contribution in [0.2, 0.25) is 0 Å². The summed E-state index contributed by atoms with van der Waals surface area (Å²) in [6.45, 7) is 3.96. The molecule has 0 aromatic heterocycles. The second-order valence-corrected chi connectivity index (χ2v) is 6.61. The topological polar surface area (TPSA) is 44.8 Å². The summed E-state index contributed by atoms with van der Waals surface area (Å²) < 4.78 is 31.4. The van der Waals surface area contributed by atoms with Gasteiger partial charge >= 0.3 is 5.97 Å². The molecule has 2 aromatic rings. The Kier molecular flexibility index (Phi) is 7.85. The van der Waals surface area contributed by atoms with Gasteiger partial charge in [-0.1, -0.05) is 31.5 Å². The molecule has 144 valence electrons. The zero-order chi connectivity index (χ0) is 19.8. The van der Waals surface area contributed by atoms with Gasteiger partial charge in [0.2, 0.25) is 0 Å². The molecule has 27 heavy (non-hydrogen) atoms. The van der Waals surface area contributed by atoms with E-state index in [2.05, 4.69) is 15.9 Å². The molecule has 0 atom stereocenters. The SMILES string of the molecule is CCCCOc1c(Br)c(C=COC)c(F)c(C)c1C(=O)Oc1ccccc1. The predicted molar refractivity (Wildman–Crippen MR) is 107 cm³/mol. The summed E-state index contributed by atoms with van der Waals surface area (Å²) in [5.74, 6) is -0.578. The third-order valence-corrected chi connectivity index (χ3v) is 4.66. The average molecular weight is 437 g/mol. The Labute approximate surface area is 167 Å². The Morgan fingerprint density at radius 2 is 1.96 bits per heavy atom. The van der Waals surface area contributed by atoms with Crippen molar-refractivity contribution in [3.63, 3.8) is 0 Å². The predicted octanol–water partition coefficient (Wildman–Crippen LogP) is 5.91. The molecule has 0 heterocycles. The van der Waals surface area contributed by atoms with Crippen molar-refractivity contribution in [1.82, 2.24) is 0 Å². The normalized spacial score (nSPS) is 10.9. The van der Waals surface area contributed by atoms with Crippen molar-refractivity contribution in [2.24, 2.45) is 0 Å². The van der Waals surface area contributed by atoms with E-state index in [4.69, 9.17) is 14.2 Å². The summed E-state index contributed by atoms with van der Waals surface area (Å²) >= 11 is 3.37. The molecule has 0 unspecified atom stereocenters. The van der Waals surface area contributed by atoms with E-state index in [9.17, 15) is 9.18 Å². The Bertz CT molecular complexity index is 819. The number of hydrogen-bond donors (Lipinski definition) is 0. The fourth-order valence-electron chi connectivity index (χ4n) is 2.44. The van der Waals surface area contributed by atoms with Gasteiger partial charge < -0.3 is 14.2 Å². The number of ether oxygens (including phenoxy) is 3. The first-order valence-corrected chi connectivity index (χ1v) is 9.41. The van der Waals surface area contributed by atoms with Crippen molar-refractivity contribution in [3.05, 3.63) is 63.6 Å². The lowest BCUT2D eigenvalue weighted by Crippen LogP contribution is -2.15. The molecule has 0 radical (unpaired) electrons. The van der Waals surface area contributed by atoms with Gasteiger partial charge in [-0.15, -0.1) is 0 Å². The molecule has 0 aliphatic carbocycles. The minimum atomic E-state index is -0.674. The Hall–Kier alpha value is -2.34. The van der Waals surface area contributed by atoms with Crippen LogP contribution in [0.5, 0.6) is 11.5 Å². The lowest BCUT2D eigenvalue weighted by Gasteiger charge is -2.18. The zero-order valence-corrected chi connectivity index (χ0v) is 17.1. The quantitative estimate of drug-likeness (QED) is 0.223. The minimum absolute atomic E-state index is 0.0638. The van der Waals surface area contributed by atoms with E-state index in [0.29, 0.717) is 16.8 Å². The van der Waals surface area contributed by atoms with E-state index in [1.807, 2.05) is 13.0 Å². The number of hydrogen-bond acceptors (Lipinski definition) is 4. The van der Waals surface area contributed by atoms with Crippen LogP contribution in [0.4, 0.5) is 4.39 Å². The first kappa shape index (κ1) is 21.0. The van der Waals surface area contributed by atoms with E-state index in [-0.39, 0.29) is 22.4 Å². The summed E-state index contributed by atoms with van der Waals surface area (Å²) in [6, 6.07) is 8.64. The molecule has 6 heteroatoms. The third-order valence-electron chi connectivity index (χ3n) is 3.88. The Balaban J connectivity index is 2.52. The molecule has 0 amide bonds. The molecule has 0 saturated heterocycles. The summed E-state index contributed by atoms with van der Waals surface area (Å²) in [5, 5.41) is 0. The molecule has 0 bridgehead atoms. The van der Waals surface area contributed by atoms with Crippen molar-refractivity contribution >= 4 is 28.0 Å². The number of benzene rings is 2. The highest BCUT2D eigenvalue weighted by Crippen LogP contribution is 2.39. The van der Waals surface area contributed by atoms with Crippen LogP contribution in [0.15, 0.2) is 41.1 Å². The maximum atomic E-state index is 14.9. The van der Waals surface area contributed by atoms with Gasteiger partial charge in [0.1, 0.15) is 22.9 Å². The molecule has 4 nitrogen and oxygen atoms in total. The highest BCUT2D eigenvalue weighted by atomic mass is 79.9. The second-order valence-electron chi connectivity index (χ2n) is 5.81. The maximum Gasteiger partial charge on any atom is 0.347 e. The largest absolute Gasteiger partial charge is 0.504 e. The van der Waals surface area contributed by atoms with Crippen molar-refractivity contribution in [1.29, 1.82) is 0 Å². The van der Waals surface area contributed by atoms with Gasteiger partial charge in [0.15, 0.2) is 0 Å². The lowest BCUT2D eigenvalue weighted by atomic mass is 10.0. The smallest absolute Gasteiger partial charge is 0.347 e. The number of para-hydroxylation sites is 1. The van der Waals surface area contributed by atoms with E-state index < -0.39 is 11.8 Å². The molecule has 0 fully saturated rings. The van der Waals surface area contributed by atoms with Gasteiger partial charge in [-0.25, -0.2) is 9.18 Å². The molecule has 0 N–H and O–H groups in total. The summed E-state index contributed by atoms with van der Waals surface area (Å²) in [6.07, 6.45) is 4.57. The second kappa shape index (κ2) is 10.1. The van der Waals surface area contributed by atoms with Crippen molar-refractivity contribution in [2.75, 3.05) is 13.7 Å². The lowest BCUT2D eigenvalue weighted by molar-refractivity contribution is 0.0728. The molecule has 0 aliphatic heterocycles. The maximum absolute atomic E-state index is 14.9.